The Hall–Kier alpha value is -1.82. The van der Waals surface area contributed by atoms with Gasteiger partial charge in [0.15, 0.2) is 0 Å². The summed E-state index contributed by atoms with van der Waals surface area (Å²) in [4.78, 5) is 12.9. The number of likely N-dealkylation sites (tertiary alicyclic amines) is 1. The number of amides is 1. The molecule has 1 aromatic rings. The first-order valence-corrected chi connectivity index (χ1v) is 6.08. The third-order valence-electron chi connectivity index (χ3n) is 3.48. The predicted molar refractivity (Wildman–Crippen MR) is 66.7 cm³/mol. The van der Waals surface area contributed by atoms with Crippen molar-refractivity contribution >= 4 is 5.91 Å². The predicted octanol–water partition coefficient (Wildman–Crippen LogP) is 2.31. The molecule has 0 aliphatic carbocycles. The molecule has 3 nitrogen and oxygen atoms in total. The van der Waals surface area contributed by atoms with Gasteiger partial charge in [0, 0.05) is 6.54 Å². The number of carbonyl (C=O) groups is 1. The largest absolute Gasteiger partial charge is 0.416 e. The summed E-state index contributed by atoms with van der Waals surface area (Å²) >= 11 is 0. The van der Waals surface area contributed by atoms with E-state index in [9.17, 15) is 23.1 Å². The average molecular weight is 285 g/mol. The van der Waals surface area contributed by atoms with Crippen LogP contribution in [0.1, 0.15) is 17.5 Å². The van der Waals surface area contributed by atoms with Gasteiger partial charge in [-0.2, -0.15) is 13.2 Å². The lowest BCUT2D eigenvalue weighted by Gasteiger charge is -2.24. The lowest BCUT2D eigenvalue weighted by molar-refractivity contribution is -0.137. The molecule has 1 amide bonds. The summed E-state index contributed by atoms with van der Waals surface area (Å²) in [5, 5.41) is 10.5. The highest BCUT2D eigenvalue weighted by Crippen LogP contribution is 2.35. The van der Waals surface area contributed by atoms with Crippen LogP contribution in [0.15, 0.2) is 36.9 Å². The Morgan fingerprint density at radius 2 is 1.95 bits per heavy atom. The lowest BCUT2D eigenvalue weighted by Crippen LogP contribution is -2.33. The minimum Gasteiger partial charge on any atom is -0.383 e. The molecule has 0 spiro atoms. The first-order chi connectivity index (χ1) is 9.26. The van der Waals surface area contributed by atoms with Crippen molar-refractivity contribution in [1.82, 2.24) is 4.90 Å². The zero-order chi connectivity index (χ0) is 15.0. The summed E-state index contributed by atoms with van der Waals surface area (Å²) in [5.41, 5.74) is -1.69. The minimum absolute atomic E-state index is 0.0587. The zero-order valence-electron chi connectivity index (χ0n) is 10.7. The molecule has 0 radical (unpaired) electrons. The van der Waals surface area contributed by atoms with Gasteiger partial charge in [-0.1, -0.05) is 18.7 Å². The smallest absolute Gasteiger partial charge is 0.383 e. The van der Waals surface area contributed by atoms with Gasteiger partial charge >= 0.3 is 6.18 Å². The standard InChI is InChI=1S/C14H14F3NO2/c1-2-12(19)18-8-7-13(20,9-18)10-3-5-11(6-4-10)14(15,16)17/h2-6,20H,1,7-9H2. The minimum atomic E-state index is -4.40. The molecule has 2 rings (SSSR count). The fourth-order valence-electron chi connectivity index (χ4n) is 2.32. The summed E-state index contributed by atoms with van der Waals surface area (Å²) in [7, 11) is 0. The third kappa shape index (κ3) is 2.70. The Kier molecular flexibility index (Phi) is 3.60. The normalized spacial score (nSPS) is 22.9. The van der Waals surface area contributed by atoms with Crippen molar-refractivity contribution < 1.29 is 23.1 Å². The van der Waals surface area contributed by atoms with Gasteiger partial charge in [0.25, 0.3) is 0 Å². The van der Waals surface area contributed by atoms with Crippen molar-refractivity contribution in [1.29, 1.82) is 0 Å². The molecule has 1 heterocycles. The average Bonchev–Trinajstić information content (AvgIpc) is 2.81. The highest BCUT2D eigenvalue weighted by Gasteiger charge is 2.39. The summed E-state index contributed by atoms with van der Waals surface area (Å²) in [6.07, 6.45) is -2.96. The van der Waals surface area contributed by atoms with Crippen LogP contribution in [-0.2, 0) is 16.6 Å². The Balaban J connectivity index is 2.20. The van der Waals surface area contributed by atoms with Crippen molar-refractivity contribution in [3.05, 3.63) is 48.0 Å². The number of aliphatic hydroxyl groups is 1. The molecular formula is C14H14F3NO2. The van der Waals surface area contributed by atoms with E-state index in [1.165, 1.54) is 17.0 Å². The van der Waals surface area contributed by atoms with Crippen molar-refractivity contribution in [2.45, 2.75) is 18.2 Å². The molecule has 0 aromatic heterocycles. The maximum absolute atomic E-state index is 12.5. The van der Waals surface area contributed by atoms with E-state index in [0.717, 1.165) is 18.2 Å². The van der Waals surface area contributed by atoms with E-state index in [0.29, 0.717) is 12.1 Å². The van der Waals surface area contributed by atoms with Crippen LogP contribution >= 0.6 is 0 Å². The van der Waals surface area contributed by atoms with Crippen molar-refractivity contribution in [2.75, 3.05) is 13.1 Å². The number of hydrogen-bond donors (Lipinski definition) is 1. The quantitative estimate of drug-likeness (QED) is 0.847. The van der Waals surface area contributed by atoms with E-state index >= 15 is 0 Å². The molecule has 20 heavy (non-hydrogen) atoms. The third-order valence-corrected chi connectivity index (χ3v) is 3.48. The van der Waals surface area contributed by atoms with E-state index in [1.54, 1.807) is 0 Å². The number of nitrogens with zero attached hydrogens (tertiary/aromatic N) is 1. The van der Waals surface area contributed by atoms with E-state index in [4.69, 9.17) is 0 Å². The fourth-order valence-corrected chi connectivity index (χ4v) is 2.32. The van der Waals surface area contributed by atoms with Crippen LogP contribution < -0.4 is 0 Å². The second-order valence-corrected chi connectivity index (χ2v) is 4.82. The fraction of sp³-hybridized carbons (Fsp3) is 0.357. The van der Waals surface area contributed by atoms with E-state index in [2.05, 4.69) is 6.58 Å². The van der Waals surface area contributed by atoms with E-state index in [-0.39, 0.29) is 18.9 Å². The lowest BCUT2D eigenvalue weighted by atomic mass is 9.92. The van der Waals surface area contributed by atoms with Gasteiger partial charge in [-0.15, -0.1) is 0 Å². The summed E-state index contributed by atoms with van der Waals surface area (Å²) in [6, 6.07) is 4.38. The summed E-state index contributed by atoms with van der Waals surface area (Å²) in [6.45, 7) is 3.77. The Bertz CT molecular complexity index is 524. The highest BCUT2D eigenvalue weighted by molar-refractivity contribution is 5.87. The molecule has 1 aromatic carbocycles. The SMILES string of the molecule is C=CC(=O)N1CCC(O)(c2ccc(C(F)(F)F)cc2)C1. The summed E-state index contributed by atoms with van der Waals surface area (Å²) < 4.78 is 37.4. The van der Waals surface area contributed by atoms with Crippen LogP contribution in [0.2, 0.25) is 0 Å². The van der Waals surface area contributed by atoms with Gasteiger partial charge in [0.2, 0.25) is 5.91 Å². The molecule has 0 bridgehead atoms. The zero-order valence-corrected chi connectivity index (χ0v) is 10.7. The van der Waals surface area contributed by atoms with Crippen LogP contribution in [0.4, 0.5) is 13.2 Å². The number of alkyl halides is 3. The second-order valence-electron chi connectivity index (χ2n) is 4.82. The maximum atomic E-state index is 12.5. The maximum Gasteiger partial charge on any atom is 0.416 e. The number of carbonyl (C=O) groups excluding carboxylic acids is 1. The first-order valence-electron chi connectivity index (χ1n) is 6.08. The molecule has 1 aliphatic rings. The van der Waals surface area contributed by atoms with Crippen LogP contribution in [-0.4, -0.2) is 29.0 Å². The Labute approximate surface area is 114 Å². The number of benzene rings is 1. The molecule has 0 saturated carbocycles. The molecule has 1 aliphatic heterocycles. The van der Waals surface area contributed by atoms with Gasteiger partial charge in [-0.3, -0.25) is 4.79 Å². The first kappa shape index (κ1) is 14.6. The van der Waals surface area contributed by atoms with E-state index in [1.807, 2.05) is 0 Å². The van der Waals surface area contributed by atoms with Gasteiger partial charge in [0.1, 0.15) is 5.60 Å². The number of rotatable bonds is 2. The molecule has 108 valence electrons. The molecular weight excluding hydrogens is 271 g/mol. The monoisotopic (exact) mass is 285 g/mol. The van der Waals surface area contributed by atoms with Gasteiger partial charge < -0.3 is 10.0 Å². The van der Waals surface area contributed by atoms with Crippen molar-refractivity contribution in [2.24, 2.45) is 0 Å². The number of hydrogen-bond acceptors (Lipinski definition) is 2. The van der Waals surface area contributed by atoms with Gasteiger partial charge in [-0.25, -0.2) is 0 Å². The molecule has 1 atom stereocenters. The van der Waals surface area contributed by atoms with E-state index < -0.39 is 17.3 Å². The molecule has 6 heteroatoms. The molecule has 1 fully saturated rings. The molecule has 1 unspecified atom stereocenters. The molecule has 1 N–H and O–H groups in total. The van der Waals surface area contributed by atoms with Crippen molar-refractivity contribution in [3.8, 4) is 0 Å². The van der Waals surface area contributed by atoms with Crippen molar-refractivity contribution in [3.63, 3.8) is 0 Å². The summed E-state index contributed by atoms with van der Waals surface area (Å²) in [5.74, 6) is -0.298. The highest BCUT2D eigenvalue weighted by atomic mass is 19.4. The topological polar surface area (TPSA) is 40.5 Å². The van der Waals surface area contributed by atoms with Crippen LogP contribution in [0.3, 0.4) is 0 Å². The van der Waals surface area contributed by atoms with Gasteiger partial charge in [-0.05, 0) is 30.2 Å². The number of β-amino-alcohol motifs (C(OH)–C–C–N with tert-alkyl or cyclic N) is 1. The number of halogens is 3. The van der Waals surface area contributed by atoms with Gasteiger partial charge in [0.05, 0.1) is 12.1 Å². The van der Waals surface area contributed by atoms with Crippen LogP contribution in [0.5, 0.6) is 0 Å². The Morgan fingerprint density at radius 3 is 2.45 bits per heavy atom. The Morgan fingerprint density at radius 1 is 1.35 bits per heavy atom. The second kappa shape index (κ2) is 4.94. The van der Waals surface area contributed by atoms with Crippen LogP contribution in [0, 0.1) is 0 Å². The van der Waals surface area contributed by atoms with Crippen LogP contribution in [0.25, 0.3) is 0 Å². The molecule has 1 saturated heterocycles.